The fourth-order valence-corrected chi connectivity index (χ4v) is 4.77. The molecule has 3 heterocycles. The quantitative estimate of drug-likeness (QED) is 0.596. The van der Waals surface area contributed by atoms with Gasteiger partial charge in [0.15, 0.2) is 0 Å². The summed E-state index contributed by atoms with van der Waals surface area (Å²) >= 11 is 1.68. The second-order valence-corrected chi connectivity index (χ2v) is 8.46. The van der Waals surface area contributed by atoms with Gasteiger partial charge < -0.3 is 19.4 Å². The average molecular weight is 454 g/mol. The lowest BCUT2D eigenvalue weighted by atomic mass is 10.1. The lowest BCUT2D eigenvalue weighted by Crippen LogP contribution is -2.31. The number of thiophene rings is 1. The predicted octanol–water partition coefficient (Wildman–Crippen LogP) is 2.92. The molecule has 1 aliphatic heterocycles. The summed E-state index contributed by atoms with van der Waals surface area (Å²) in [5.74, 6) is 0.764. The van der Waals surface area contributed by atoms with Crippen molar-refractivity contribution in [2.75, 3.05) is 27.3 Å². The van der Waals surface area contributed by atoms with Crippen molar-refractivity contribution in [3.05, 3.63) is 79.9 Å². The molecule has 0 saturated heterocycles. The Hall–Kier alpha value is -3.10. The molecule has 0 saturated carbocycles. The summed E-state index contributed by atoms with van der Waals surface area (Å²) in [6.45, 7) is 3.19. The van der Waals surface area contributed by atoms with E-state index in [1.165, 1.54) is 18.7 Å². The normalized spacial score (nSPS) is 13.8. The van der Waals surface area contributed by atoms with Crippen LogP contribution in [0.25, 0.3) is 0 Å². The molecule has 4 rings (SSSR count). The van der Waals surface area contributed by atoms with Crippen molar-refractivity contribution in [1.82, 2.24) is 14.8 Å². The number of nitrogens with one attached hydrogen (secondary N) is 1. The van der Waals surface area contributed by atoms with Gasteiger partial charge in [0.2, 0.25) is 0 Å². The summed E-state index contributed by atoms with van der Waals surface area (Å²) in [6, 6.07) is 11.1. The zero-order valence-electron chi connectivity index (χ0n) is 18.3. The minimum absolute atomic E-state index is 0.143. The van der Waals surface area contributed by atoms with Gasteiger partial charge in [-0.2, -0.15) is 11.3 Å². The van der Waals surface area contributed by atoms with E-state index >= 15 is 0 Å². The number of carbonyl (C=O) groups excluding carboxylic acids is 1. The molecule has 0 unspecified atom stereocenters. The zero-order chi connectivity index (χ0) is 22.5. The SMILES string of the molecule is COc1ccccc1CNC(=O)c1c(OC)cc(=O)n2c1CCN(Cc1ccsc1)CC2. The number of rotatable bonds is 7. The number of carbonyl (C=O) groups is 1. The van der Waals surface area contributed by atoms with E-state index in [-0.39, 0.29) is 11.5 Å². The molecule has 7 nitrogen and oxygen atoms in total. The van der Waals surface area contributed by atoms with Crippen LogP contribution in [0.15, 0.2) is 52.0 Å². The number of amides is 1. The highest BCUT2D eigenvalue weighted by molar-refractivity contribution is 7.07. The monoisotopic (exact) mass is 453 g/mol. The van der Waals surface area contributed by atoms with Crippen molar-refractivity contribution in [1.29, 1.82) is 0 Å². The summed E-state index contributed by atoms with van der Waals surface area (Å²) in [5.41, 5.74) is 3.15. The van der Waals surface area contributed by atoms with Gasteiger partial charge in [0.25, 0.3) is 11.5 Å². The third-order valence-corrected chi connectivity index (χ3v) is 6.48. The lowest BCUT2D eigenvalue weighted by Gasteiger charge is -2.18. The fourth-order valence-electron chi connectivity index (χ4n) is 4.11. The van der Waals surface area contributed by atoms with Crippen LogP contribution >= 0.6 is 11.3 Å². The van der Waals surface area contributed by atoms with Crippen molar-refractivity contribution < 1.29 is 14.3 Å². The number of nitrogens with zero attached hydrogens (tertiary/aromatic N) is 2. The summed E-state index contributed by atoms with van der Waals surface area (Å²) < 4.78 is 12.5. The highest BCUT2D eigenvalue weighted by Gasteiger charge is 2.25. The van der Waals surface area contributed by atoms with Gasteiger partial charge in [-0.05, 0) is 28.5 Å². The third-order valence-electron chi connectivity index (χ3n) is 5.75. The number of para-hydroxylation sites is 1. The summed E-state index contributed by atoms with van der Waals surface area (Å²) in [4.78, 5) is 28.4. The van der Waals surface area contributed by atoms with Crippen molar-refractivity contribution in [2.24, 2.45) is 0 Å². The molecule has 1 N–H and O–H groups in total. The van der Waals surface area contributed by atoms with E-state index in [1.54, 1.807) is 23.0 Å². The van der Waals surface area contributed by atoms with Crippen LogP contribution in [0.2, 0.25) is 0 Å². The van der Waals surface area contributed by atoms with Gasteiger partial charge in [-0.25, -0.2) is 0 Å². The van der Waals surface area contributed by atoms with Crippen LogP contribution in [0.5, 0.6) is 11.5 Å². The molecule has 0 bridgehead atoms. The van der Waals surface area contributed by atoms with Crippen LogP contribution in [0.1, 0.15) is 27.2 Å². The number of pyridine rings is 1. The Kier molecular flexibility index (Phi) is 6.92. The minimum Gasteiger partial charge on any atom is -0.496 e. The largest absolute Gasteiger partial charge is 0.496 e. The highest BCUT2D eigenvalue weighted by Crippen LogP contribution is 2.24. The molecule has 32 heavy (non-hydrogen) atoms. The smallest absolute Gasteiger partial charge is 0.257 e. The lowest BCUT2D eigenvalue weighted by molar-refractivity contribution is 0.0945. The Bertz CT molecular complexity index is 1140. The van der Waals surface area contributed by atoms with Crippen LogP contribution < -0.4 is 20.3 Å². The second-order valence-electron chi connectivity index (χ2n) is 7.68. The molecule has 0 aliphatic carbocycles. The fraction of sp³-hybridized carbons (Fsp3) is 0.333. The van der Waals surface area contributed by atoms with E-state index in [0.717, 1.165) is 30.9 Å². The van der Waals surface area contributed by atoms with E-state index in [9.17, 15) is 9.59 Å². The molecule has 1 aliphatic rings. The maximum Gasteiger partial charge on any atom is 0.257 e. The topological polar surface area (TPSA) is 72.8 Å². The molecule has 1 amide bonds. The Morgan fingerprint density at radius 3 is 2.66 bits per heavy atom. The number of hydrogen-bond donors (Lipinski definition) is 1. The molecular formula is C24H27N3O4S. The van der Waals surface area contributed by atoms with E-state index in [1.807, 2.05) is 24.3 Å². The number of ether oxygens (including phenoxy) is 2. The van der Waals surface area contributed by atoms with Gasteiger partial charge in [-0.15, -0.1) is 0 Å². The van der Waals surface area contributed by atoms with Gasteiger partial charge in [-0.3, -0.25) is 14.5 Å². The standard InChI is InChI=1S/C24H27N3O4S/c1-30-20-6-4-3-5-18(20)14-25-24(29)23-19-7-9-26(15-17-8-12-32-16-17)10-11-27(19)22(28)13-21(23)31-2/h3-6,8,12-13,16H,7,9-11,14-15H2,1-2H3,(H,25,29). The summed E-state index contributed by atoms with van der Waals surface area (Å²) in [6.07, 6.45) is 0.591. The first-order valence-electron chi connectivity index (χ1n) is 10.5. The molecule has 2 aromatic heterocycles. The molecule has 0 atom stereocenters. The van der Waals surface area contributed by atoms with Gasteiger partial charge >= 0.3 is 0 Å². The third kappa shape index (κ3) is 4.71. The Balaban J connectivity index is 1.59. The van der Waals surface area contributed by atoms with E-state index in [2.05, 4.69) is 27.0 Å². The van der Waals surface area contributed by atoms with Crippen molar-refractivity contribution >= 4 is 17.2 Å². The average Bonchev–Trinajstić information content (AvgIpc) is 3.23. The highest BCUT2D eigenvalue weighted by atomic mass is 32.1. The van der Waals surface area contributed by atoms with Crippen LogP contribution in [0.4, 0.5) is 0 Å². The van der Waals surface area contributed by atoms with Crippen molar-refractivity contribution in [3.63, 3.8) is 0 Å². The number of methoxy groups -OCH3 is 2. The summed E-state index contributed by atoms with van der Waals surface area (Å²) in [7, 11) is 3.09. The van der Waals surface area contributed by atoms with E-state index < -0.39 is 0 Å². The van der Waals surface area contributed by atoms with Gasteiger partial charge in [0, 0.05) is 56.5 Å². The first kappa shape index (κ1) is 22.1. The van der Waals surface area contributed by atoms with Crippen LogP contribution in [-0.4, -0.2) is 42.7 Å². The molecule has 1 aromatic carbocycles. The van der Waals surface area contributed by atoms with Gasteiger partial charge in [0.1, 0.15) is 17.1 Å². The predicted molar refractivity (Wildman–Crippen MR) is 125 cm³/mol. The molecule has 168 valence electrons. The maximum absolute atomic E-state index is 13.3. The molecular weight excluding hydrogens is 426 g/mol. The second kappa shape index (κ2) is 10.0. The minimum atomic E-state index is -0.261. The number of aromatic nitrogens is 1. The number of fused-ring (bicyclic) bond motifs is 1. The number of benzene rings is 1. The van der Waals surface area contributed by atoms with E-state index in [0.29, 0.717) is 36.6 Å². The van der Waals surface area contributed by atoms with Crippen LogP contribution in [-0.2, 0) is 26.1 Å². The maximum atomic E-state index is 13.3. The molecule has 0 spiro atoms. The van der Waals surface area contributed by atoms with Crippen LogP contribution in [0, 0.1) is 0 Å². The first-order chi connectivity index (χ1) is 15.6. The molecule has 8 heteroatoms. The number of hydrogen-bond acceptors (Lipinski definition) is 6. The molecule has 0 radical (unpaired) electrons. The zero-order valence-corrected chi connectivity index (χ0v) is 19.1. The van der Waals surface area contributed by atoms with Gasteiger partial charge in [-0.1, -0.05) is 18.2 Å². The Morgan fingerprint density at radius 1 is 1.09 bits per heavy atom. The Morgan fingerprint density at radius 2 is 1.91 bits per heavy atom. The van der Waals surface area contributed by atoms with Crippen LogP contribution in [0.3, 0.4) is 0 Å². The molecule has 0 fully saturated rings. The van der Waals surface area contributed by atoms with Gasteiger partial charge in [0.05, 0.1) is 14.2 Å². The van der Waals surface area contributed by atoms with Crippen molar-refractivity contribution in [3.8, 4) is 11.5 Å². The Labute approximate surface area is 191 Å². The van der Waals surface area contributed by atoms with Crippen molar-refractivity contribution in [2.45, 2.75) is 26.1 Å². The molecule has 3 aromatic rings. The summed E-state index contributed by atoms with van der Waals surface area (Å²) in [5, 5.41) is 7.19. The van der Waals surface area contributed by atoms with E-state index in [4.69, 9.17) is 9.47 Å². The first-order valence-corrected chi connectivity index (χ1v) is 11.5.